The van der Waals surface area contributed by atoms with Crippen molar-refractivity contribution in [3.8, 4) is 0 Å². The Morgan fingerprint density at radius 1 is 1.22 bits per heavy atom. The van der Waals surface area contributed by atoms with Gasteiger partial charge in [0, 0.05) is 12.1 Å². The molecule has 1 heterocycles. The van der Waals surface area contributed by atoms with Crippen molar-refractivity contribution in [3.63, 3.8) is 0 Å². The van der Waals surface area contributed by atoms with Crippen LogP contribution in [0.15, 0.2) is 18.2 Å². The second-order valence-corrected chi connectivity index (χ2v) is 9.14. The molecule has 4 nitrogen and oxygen atoms in total. The maximum absolute atomic E-state index is 14.0. The van der Waals surface area contributed by atoms with Crippen LogP contribution in [0, 0.1) is 11.6 Å². The molecule has 152 valence electrons. The summed E-state index contributed by atoms with van der Waals surface area (Å²) in [5.74, 6) is -0.107. The van der Waals surface area contributed by atoms with Gasteiger partial charge in [0.05, 0.1) is 19.0 Å². The van der Waals surface area contributed by atoms with Crippen LogP contribution in [0.2, 0.25) is 0 Å². The molecular weight excluding hydrogens is 370 g/mol. The van der Waals surface area contributed by atoms with Crippen molar-refractivity contribution in [1.82, 2.24) is 10.6 Å². The zero-order valence-electron chi connectivity index (χ0n) is 15.9. The highest BCUT2D eigenvalue weighted by Gasteiger charge is 2.29. The maximum Gasteiger partial charge on any atom is 0.157 e. The third kappa shape index (κ3) is 6.12. The molecule has 3 atom stereocenters. The van der Waals surface area contributed by atoms with Crippen LogP contribution in [0.3, 0.4) is 0 Å². The number of hydrogen-bond donors (Lipinski definition) is 2. The summed E-state index contributed by atoms with van der Waals surface area (Å²) in [7, 11) is 0. The molecule has 1 aliphatic heterocycles. The van der Waals surface area contributed by atoms with E-state index in [0.717, 1.165) is 45.1 Å². The van der Waals surface area contributed by atoms with Crippen LogP contribution < -0.4 is 10.6 Å². The molecule has 0 spiro atoms. The van der Waals surface area contributed by atoms with Gasteiger partial charge in [-0.15, -0.1) is 0 Å². The quantitative estimate of drug-likeness (QED) is 0.691. The fraction of sp³-hybridized carbons (Fsp3) is 0.700. The molecular formula is C20H30F2N2O2S. The molecule has 0 aromatic heterocycles. The molecule has 1 aromatic carbocycles. The first-order valence-electron chi connectivity index (χ1n) is 9.86. The summed E-state index contributed by atoms with van der Waals surface area (Å²) in [6.07, 6.45) is 7.41. The third-order valence-electron chi connectivity index (χ3n) is 5.72. The van der Waals surface area contributed by atoms with Crippen molar-refractivity contribution in [2.45, 2.75) is 62.6 Å². The van der Waals surface area contributed by atoms with Crippen LogP contribution in [0.1, 0.15) is 50.0 Å². The Kier molecular flexibility index (Phi) is 7.90. The molecule has 2 unspecified atom stereocenters. The average Bonchev–Trinajstić information content (AvgIpc) is 2.67. The Morgan fingerprint density at radius 3 is 2.74 bits per heavy atom. The molecule has 0 amide bonds. The smallest absolute Gasteiger partial charge is 0.157 e. The van der Waals surface area contributed by atoms with Crippen LogP contribution in [-0.4, -0.2) is 48.0 Å². The van der Waals surface area contributed by atoms with Crippen molar-refractivity contribution >= 4 is 11.2 Å². The average molecular weight is 401 g/mol. The van der Waals surface area contributed by atoms with Crippen molar-refractivity contribution < 1.29 is 18.1 Å². The Labute approximate surface area is 163 Å². The maximum atomic E-state index is 14.0. The van der Waals surface area contributed by atoms with Crippen LogP contribution >= 0.6 is 0 Å². The number of hydrogen-bond acceptors (Lipinski definition) is 4. The lowest BCUT2D eigenvalue weighted by atomic mass is 9.82. The minimum atomic E-state index is -0.853. The van der Waals surface area contributed by atoms with Gasteiger partial charge in [-0.25, -0.2) is 8.78 Å². The number of benzene rings is 1. The highest BCUT2D eigenvalue weighted by atomic mass is 32.2. The first-order valence-corrected chi connectivity index (χ1v) is 11.6. The van der Waals surface area contributed by atoms with Gasteiger partial charge >= 0.3 is 0 Å². The van der Waals surface area contributed by atoms with E-state index in [9.17, 15) is 13.3 Å². The molecule has 1 saturated heterocycles. The standard InChI is InChI=1S/C20H30F2N2O2S/c1-27(25)13-24-19-3-2-10-23-20(19)12-26-16-7-4-14(5-8-16)17-11-15(21)6-9-18(17)22/h6,9,11,14,16,19-20,23-24H,2-5,7-8,10,12-13H2,1H3/t14-,16+,19?,20-,27?/m0/s1. The second-order valence-electron chi connectivity index (χ2n) is 7.70. The number of piperidine rings is 1. The minimum Gasteiger partial charge on any atom is -0.616 e. The topological polar surface area (TPSA) is 56.3 Å². The lowest BCUT2D eigenvalue weighted by Gasteiger charge is -2.35. The summed E-state index contributed by atoms with van der Waals surface area (Å²) >= 11 is -0.853. The number of nitrogens with one attached hydrogen (secondary N) is 2. The highest BCUT2D eigenvalue weighted by molar-refractivity contribution is 7.90. The van der Waals surface area contributed by atoms with E-state index < -0.39 is 11.2 Å². The molecule has 2 N–H and O–H groups in total. The van der Waals surface area contributed by atoms with Crippen molar-refractivity contribution in [1.29, 1.82) is 0 Å². The summed E-state index contributed by atoms with van der Waals surface area (Å²) in [6, 6.07) is 4.23. The summed E-state index contributed by atoms with van der Waals surface area (Å²) < 4.78 is 44.9. The summed E-state index contributed by atoms with van der Waals surface area (Å²) in [5.41, 5.74) is 0.499. The Hall–Kier alpha value is -0.730. The van der Waals surface area contributed by atoms with Gasteiger partial charge in [0.15, 0.2) is 5.88 Å². The Bertz CT molecular complexity index is 597. The first kappa shape index (κ1) is 21.0. The second kappa shape index (κ2) is 10.2. The molecule has 2 aliphatic rings. The number of rotatable bonds is 7. The van der Waals surface area contributed by atoms with E-state index in [-0.39, 0.29) is 35.7 Å². The fourth-order valence-corrected chi connectivity index (χ4v) is 4.65. The van der Waals surface area contributed by atoms with E-state index in [1.807, 2.05) is 0 Å². The SMILES string of the molecule is C[S+]([O-])CNC1CCCN[C@H]1CO[C@H]1CC[C@@H](c2cc(F)ccc2F)CC1. The Morgan fingerprint density at radius 2 is 2.00 bits per heavy atom. The van der Waals surface area contributed by atoms with Gasteiger partial charge in [-0.1, -0.05) is 0 Å². The molecule has 2 fully saturated rings. The van der Waals surface area contributed by atoms with Crippen molar-refractivity contribution in [2.75, 3.05) is 25.3 Å². The van der Waals surface area contributed by atoms with Crippen molar-refractivity contribution in [3.05, 3.63) is 35.4 Å². The highest BCUT2D eigenvalue weighted by Crippen LogP contribution is 2.35. The normalized spacial score (nSPS) is 30.2. The minimum absolute atomic E-state index is 0.0716. The number of halogens is 2. The van der Waals surface area contributed by atoms with E-state index in [4.69, 9.17) is 4.74 Å². The lowest BCUT2D eigenvalue weighted by molar-refractivity contribution is 0.00395. The lowest BCUT2D eigenvalue weighted by Crippen LogP contribution is -2.55. The van der Waals surface area contributed by atoms with Gasteiger partial charge in [-0.2, -0.15) is 0 Å². The predicted molar refractivity (Wildman–Crippen MR) is 104 cm³/mol. The largest absolute Gasteiger partial charge is 0.616 e. The summed E-state index contributed by atoms with van der Waals surface area (Å²) in [5, 5.41) is 6.88. The van der Waals surface area contributed by atoms with Gasteiger partial charge < -0.3 is 14.6 Å². The van der Waals surface area contributed by atoms with Crippen LogP contribution in [-0.2, 0) is 15.9 Å². The molecule has 3 rings (SSSR count). The monoisotopic (exact) mass is 400 g/mol. The van der Waals surface area contributed by atoms with Gasteiger partial charge in [-0.05, 0) is 85.9 Å². The molecule has 0 radical (unpaired) electrons. The first-order chi connectivity index (χ1) is 13.0. The molecule has 1 aliphatic carbocycles. The zero-order chi connectivity index (χ0) is 19.2. The van der Waals surface area contributed by atoms with Crippen molar-refractivity contribution in [2.24, 2.45) is 0 Å². The van der Waals surface area contributed by atoms with E-state index in [0.29, 0.717) is 18.0 Å². The van der Waals surface area contributed by atoms with Gasteiger partial charge in [0.25, 0.3) is 0 Å². The predicted octanol–water partition coefficient (Wildman–Crippen LogP) is 3.05. The van der Waals surface area contributed by atoms with E-state index in [2.05, 4.69) is 10.6 Å². The third-order valence-corrected chi connectivity index (χ3v) is 6.29. The molecule has 0 bridgehead atoms. The molecule has 1 aromatic rings. The van der Waals surface area contributed by atoms with Crippen LogP contribution in [0.25, 0.3) is 0 Å². The summed E-state index contributed by atoms with van der Waals surface area (Å²) in [4.78, 5) is 0. The zero-order valence-corrected chi connectivity index (χ0v) is 16.7. The number of ether oxygens (including phenoxy) is 1. The van der Waals surface area contributed by atoms with E-state index >= 15 is 0 Å². The van der Waals surface area contributed by atoms with E-state index in [1.165, 1.54) is 18.2 Å². The van der Waals surface area contributed by atoms with E-state index in [1.54, 1.807) is 6.26 Å². The van der Waals surface area contributed by atoms with Gasteiger partial charge in [-0.3, -0.25) is 5.32 Å². The molecule has 7 heteroatoms. The van der Waals surface area contributed by atoms with Crippen LogP contribution in [0.5, 0.6) is 0 Å². The molecule has 27 heavy (non-hydrogen) atoms. The molecule has 1 saturated carbocycles. The Balaban J connectivity index is 1.45. The summed E-state index contributed by atoms with van der Waals surface area (Å²) in [6.45, 7) is 1.60. The van der Waals surface area contributed by atoms with Crippen LogP contribution in [0.4, 0.5) is 8.78 Å². The fourth-order valence-electron chi connectivity index (χ4n) is 4.20. The van der Waals surface area contributed by atoms with Gasteiger partial charge in [0.2, 0.25) is 0 Å². The van der Waals surface area contributed by atoms with Gasteiger partial charge in [0.1, 0.15) is 11.6 Å².